The smallest absolute Gasteiger partial charge is 0.303 e. The molecule has 14 nitrogen and oxygen atoms in total. The van der Waals surface area contributed by atoms with Crippen molar-refractivity contribution in [3.63, 3.8) is 0 Å². The number of piperidine rings is 1. The summed E-state index contributed by atoms with van der Waals surface area (Å²) in [5.41, 5.74) is 0.778. The maximum atomic E-state index is 15.8. The number of carbonyl (C=O) groups is 3. The van der Waals surface area contributed by atoms with E-state index in [-0.39, 0.29) is 29.9 Å². The first-order valence-electron chi connectivity index (χ1n) is 21.8. The summed E-state index contributed by atoms with van der Waals surface area (Å²) in [7, 11) is 0. The lowest BCUT2D eigenvalue weighted by Crippen LogP contribution is -2.55. The van der Waals surface area contributed by atoms with Crippen molar-refractivity contribution in [2.24, 2.45) is 5.92 Å². The molecule has 4 fully saturated rings. The van der Waals surface area contributed by atoms with Gasteiger partial charge in [0.2, 0.25) is 11.8 Å². The van der Waals surface area contributed by atoms with Crippen LogP contribution in [0.4, 0.5) is 30.4 Å². The Hall–Kier alpha value is -5.52. The van der Waals surface area contributed by atoms with Crippen molar-refractivity contribution in [2.45, 2.75) is 83.2 Å². The fourth-order valence-electron chi connectivity index (χ4n) is 9.43. The zero-order valence-corrected chi connectivity index (χ0v) is 35.9. The van der Waals surface area contributed by atoms with Crippen LogP contribution in [0.15, 0.2) is 48.5 Å². The molecule has 3 atom stereocenters. The van der Waals surface area contributed by atoms with Gasteiger partial charge in [-0.05, 0) is 76.1 Å². The molecule has 5 aliphatic rings. The van der Waals surface area contributed by atoms with Crippen molar-refractivity contribution < 1.29 is 42.1 Å². The van der Waals surface area contributed by atoms with Crippen LogP contribution in [-0.2, 0) is 26.8 Å². The van der Waals surface area contributed by atoms with Crippen LogP contribution in [0.2, 0.25) is 0 Å². The molecule has 0 bridgehead atoms. The lowest BCUT2D eigenvalue weighted by molar-refractivity contribution is -0.170. The minimum absolute atomic E-state index is 0.00512. The van der Waals surface area contributed by atoms with Crippen LogP contribution >= 0.6 is 0 Å². The average Bonchev–Trinajstić information content (AvgIpc) is 3.85. The van der Waals surface area contributed by atoms with Crippen molar-refractivity contribution in [1.82, 2.24) is 25.1 Å². The van der Waals surface area contributed by atoms with Gasteiger partial charge < -0.3 is 34.6 Å². The van der Waals surface area contributed by atoms with E-state index < -0.39 is 40.9 Å². The second-order valence-electron chi connectivity index (χ2n) is 18.1. The van der Waals surface area contributed by atoms with Gasteiger partial charge in [-0.25, -0.2) is 14.4 Å². The van der Waals surface area contributed by atoms with E-state index in [1.165, 1.54) is 12.1 Å². The summed E-state index contributed by atoms with van der Waals surface area (Å²) in [6.07, 6.45) is 1.16. The first kappa shape index (κ1) is 42.8. The highest BCUT2D eigenvalue weighted by Gasteiger charge is 2.49. The predicted molar refractivity (Wildman–Crippen MR) is 230 cm³/mol. The van der Waals surface area contributed by atoms with Crippen LogP contribution in [0.3, 0.4) is 0 Å². The molecule has 5 aliphatic heterocycles. The number of aliphatic hydroxyl groups is 1. The molecule has 0 saturated carbocycles. The number of anilines is 3. The van der Waals surface area contributed by atoms with E-state index in [1.807, 2.05) is 24.3 Å². The Morgan fingerprint density at radius 3 is 2.51 bits per heavy atom. The molecule has 1 aromatic heterocycles. The lowest BCUT2D eigenvalue weighted by Gasteiger charge is -2.45. The zero-order valence-electron chi connectivity index (χ0n) is 35.9. The van der Waals surface area contributed by atoms with Crippen molar-refractivity contribution in [1.29, 1.82) is 0 Å². The number of benzene rings is 3. The summed E-state index contributed by atoms with van der Waals surface area (Å²) < 4.78 is 58.4. The monoisotopic (exact) mass is 870 g/mol. The van der Waals surface area contributed by atoms with E-state index in [2.05, 4.69) is 36.4 Å². The molecule has 6 heterocycles. The highest BCUT2D eigenvalue weighted by atomic mass is 19.3. The van der Waals surface area contributed by atoms with Crippen LogP contribution in [0, 0.1) is 18.7 Å². The third-order valence-corrected chi connectivity index (χ3v) is 13.1. The summed E-state index contributed by atoms with van der Waals surface area (Å²) in [4.78, 5) is 55.5. The molecule has 4 saturated heterocycles. The number of rotatable bonds is 12. The van der Waals surface area contributed by atoms with Crippen LogP contribution in [-0.4, -0.2) is 119 Å². The Balaban J connectivity index is 0.862. The van der Waals surface area contributed by atoms with Gasteiger partial charge in [0.1, 0.15) is 41.0 Å². The third kappa shape index (κ3) is 8.26. The van der Waals surface area contributed by atoms with Gasteiger partial charge in [-0.15, -0.1) is 0 Å². The number of piperazine rings is 1. The lowest BCUT2D eigenvalue weighted by atomic mass is 9.91. The van der Waals surface area contributed by atoms with Gasteiger partial charge >= 0.3 is 5.92 Å². The zero-order chi connectivity index (χ0) is 44.4. The van der Waals surface area contributed by atoms with Gasteiger partial charge in [-0.2, -0.15) is 8.78 Å². The van der Waals surface area contributed by atoms with Crippen LogP contribution < -0.4 is 25.2 Å². The Morgan fingerprint density at radius 1 is 1.02 bits per heavy atom. The molecule has 3 N–H and O–H groups in total. The standard InChI is InChI=1S/C46H53F3N8O6/c1-26(32-6-5-7-35(41(32)47)46(48,49)45(3,4)61)50-42-34-19-39(63-31-12-17-62-25-31)38(20-36(34)51-27(2)52-42)55-15-13-54(14-16-55)21-28-22-56(23-28)30-8-9-33-29(18-30)24-57(44(33)60)37-10-11-40(58)53-43(37)59/h5-9,18-20,26,28,31,37,61H,10-17,21-25H2,1-4H3,(H,50,51,52)(H,53,58,59)/t26-,31+,37?/m1/s1. The number of nitrogens with one attached hydrogen (secondary N) is 2. The van der Waals surface area contributed by atoms with Gasteiger partial charge in [-0.3, -0.25) is 24.6 Å². The van der Waals surface area contributed by atoms with E-state index >= 15 is 13.2 Å². The summed E-state index contributed by atoms with van der Waals surface area (Å²) in [5.74, 6) is -3.79. The van der Waals surface area contributed by atoms with Crippen LogP contribution in [0.5, 0.6) is 5.75 Å². The molecule has 0 spiro atoms. The molecule has 0 aliphatic carbocycles. The van der Waals surface area contributed by atoms with Gasteiger partial charge in [0.15, 0.2) is 0 Å². The molecule has 3 aromatic carbocycles. The summed E-state index contributed by atoms with van der Waals surface area (Å²) >= 11 is 0. The SMILES string of the molecule is Cc1nc(N[C@H](C)c2cccc(C(F)(F)C(C)(C)O)c2F)c2cc(O[C@H]3CCOC3)c(N3CCN(CC4CN(c5ccc6c(c5)CN(C5CCC(=O)NC5=O)C6=O)C4)CC3)cc2n1. The number of hydrogen-bond donors (Lipinski definition) is 3. The first-order chi connectivity index (χ1) is 30.0. The van der Waals surface area contributed by atoms with E-state index in [9.17, 15) is 19.5 Å². The number of hydrogen-bond acceptors (Lipinski definition) is 12. The minimum Gasteiger partial charge on any atom is -0.486 e. The van der Waals surface area contributed by atoms with Crippen LogP contribution in [0.1, 0.15) is 78.9 Å². The van der Waals surface area contributed by atoms with Gasteiger partial charge in [0.05, 0.1) is 36.0 Å². The molecule has 63 heavy (non-hydrogen) atoms. The molecule has 3 amide bonds. The number of fused-ring (bicyclic) bond motifs is 2. The predicted octanol–water partition coefficient (Wildman–Crippen LogP) is 5.30. The third-order valence-electron chi connectivity index (χ3n) is 13.1. The van der Waals surface area contributed by atoms with E-state index in [1.54, 1.807) is 18.7 Å². The number of ether oxygens (including phenoxy) is 2. The molecule has 1 unspecified atom stereocenters. The fourth-order valence-corrected chi connectivity index (χ4v) is 9.43. The minimum atomic E-state index is -3.83. The van der Waals surface area contributed by atoms with Crippen LogP contribution in [0.25, 0.3) is 10.9 Å². The normalized spacial score (nSPS) is 21.8. The maximum absolute atomic E-state index is 15.8. The number of aromatic nitrogens is 2. The number of amides is 3. The molecular weight excluding hydrogens is 818 g/mol. The maximum Gasteiger partial charge on any atom is 0.303 e. The molecular formula is C46H53F3N8O6. The Kier molecular flexibility index (Phi) is 11.2. The van der Waals surface area contributed by atoms with Gasteiger partial charge in [0, 0.05) is 93.3 Å². The Morgan fingerprint density at radius 2 is 1.79 bits per heavy atom. The fraction of sp³-hybridized carbons (Fsp3) is 0.500. The van der Waals surface area contributed by atoms with Gasteiger partial charge in [0.25, 0.3) is 5.91 Å². The average molecular weight is 871 g/mol. The van der Waals surface area contributed by atoms with Crippen molar-refractivity contribution in [3.05, 3.63) is 82.4 Å². The largest absolute Gasteiger partial charge is 0.486 e. The quantitative estimate of drug-likeness (QED) is 0.159. The van der Waals surface area contributed by atoms with E-state index in [4.69, 9.17) is 14.5 Å². The summed E-state index contributed by atoms with van der Waals surface area (Å²) in [6, 6.07) is 12.2. The summed E-state index contributed by atoms with van der Waals surface area (Å²) in [5, 5.41) is 16.4. The topological polar surface area (TPSA) is 153 Å². The molecule has 17 heteroatoms. The first-order valence-corrected chi connectivity index (χ1v) is 21.8. The Labute approximate surface area is 363 Å². The van der Waals surface area contributed by atoms with Crippen molar-refractivity contribution in [2.75, 3.05) is 74.1 Å². The number of imide groups is 1. The number of aryl methyl sites for hydroxylation is 1. The summed E-state index contributed by atoms with van der Waals surface area (Å²) in [6.45, 7) is 12.7. The molecule has 0 radical (unpaired) electrons. The van der Waals surface area contributed by atoms with Crippen molar-refractivity contribution >= 4 is 45.8 Å². The second kappa shape index (κ2) is 16.6. The number of halogens is 3. The molecule has 9 rings (SSSR count). The van der Waals surface area contributed by atoms with Crippen molar-refractivity contribution in [3.8, 4) is 5.75 Å². The number of alkyl halides is 2. The number of carbonyl (C=O) groups excluding carboxylic acids is 3. The molecule has 4 aromatic rings. The van der Waals surface area contributed by atoms with E-state index in [0.717, 1.165) is 89.1 Å². The number of nitrogens with zero attached hydrogens (tertiary/aromatic N) is 6. The van der Waals surface area contributed by atoms with E-state index in [0.29, 0.717) is 66.0 Å². The highest BCUT2D eigenvalue weighted by molar-refractivity contribution is 6.05. The second-order valence-corrected chi connectivity index (χ2v) is 18.1. The van der Waals surface area contributed by atoms with Gasteiger partial charge in [-0.1, -0.05) is 12.1 Å². The molecule has 334 valence electrons. The Bertz CT molecular complexity index is 2440. The highest BCUT2D eigenvalue weighted by Crippen LogP contribution is 2.43.